The van der Waals surface area contributed by atoms with Crippen LogP contribution in [-0.4, -0.2) is 22.8 Å². The molecule has 0 radical (unpaired) electrons. The van der Waals surface area contributed by atoms with Gasteiger partial charge in [0, 0.05) is 15.3 Å². The van der Waals surface area contributed by atoms with E-state index in [1.165, 1.54) is 0 Å². The van der Waals surface area contributed by atoms with Crippen LogP contribution in [0.3, 0.4) is 0 Å². The summed E-state index contributed by atoms with van der Waals surface area (Å²) in [6, 6.07) is 6.17. The van der Waals surface area contributed by atoms with Crippen LogP contribution in [0.25, 0.3) is 0 Å². The maximum atomic E-state index is 6.47. The molecule has 1 aromatic rings. The van der Waals surface area contributed by atoms with Crippen molar-refractivity contribution in [3.63, 3.8) is 0 Å². The number of hydrogen-bond acceptors (Lipinski definition) is 3. The molecular formula is C18H30INO2Si2. The zero-order valence-corrected chi connectivity index (χ0v) is 20.3. The summed E-state index contributed by atoms with van der Waals surface area (Å²) in [6.45, 7) is 21.5. The Morgan fingerprint density at radius 1 is 1.17 bits per heavy atom. The van der Waals surface area contributed by atoms with Gasteiger partial charge in [-0.1, -0.05) is 20.8 Å². The second-order valence-corrected chi connectivity index (χ2v) is 18.8. The second-order valence-electron chi connectivity index (χ2n) is 8.41. The second kappa shape index (κ2) is 7.74. The van der Waals surface area contributed by atoms with E-state index >= 15 is 0 Å². The third-order valence-corrected chi connectivity index (χ3v) is 9.78. The minimum absolute atomic E-state index is 0.148. The predicted molar refractivity (Wildman–Crippen MR) is 118 cm³/mol. The number of benzene rings is 1. The van der Waals surface area contributed by atoms with Crippen molar-refractivity contribution in [2.45, 2.75) is 58.5 Å². The standard InChI is InChI=1S/C18H30INO2Si2/c1-14(21-23(5,6)7)20-13-15-12-16(19)10-11-17(15)22-24(8,9)18(2,3)4/h10-13H,1H2,2-9H3/b20-13+. The van der Waals surface area contributed by atoms with Gasteiger partial charge in [-0.05, 0) is 85.1 Å². The monoisotopic (exact) mass is 475 g/mol. The van der Waals surface area contributed by atoms with Gasteiger partial charge in [-0.15, -0.1) is 0 Å². The highest BCUT2D eigenvalue weighted by molar-refractivity contribution is 14.1. The van der Waals surface area contributed by atoms with Crippen LogP contribution in [0.15, 0.2) is 35.7 Å². The summed E-state index contributed by atoms with van der Waals surface area (Å²) in [5.41, 5.74) is 0.965. The Kier molecular flexibility index (Phi) is 6.91. The van der Waals surface area contributed by atoms with E-state index in [0.717, 1.165) is 14.9 Å². The Hall–Kier alpha value is -0.606. The molecular weight excluding hydrogens is 445 g/mol. The van der Waals surface area contributed by atoms with Crippen LogP contribution in [-0.2, 0) is 4.43 Å². The third kappa shape index (κ3) is 6.72. The van der Waals surface area contributed by atoms with E-state index in [2.05, 4.69) is 99.8 Å². The summed E-state index contributed by atoms with van der Waals surface area (Å²) in [7, 11) is -3.59. The minimum atomic E-state index is -1.90. The molecule has 0 saturated carbocycles. The molecule has 1 aromatic carbocycles. The van der Waals surface area contributed by atoms with E-state index in [-0.39, 0.29) is 5.04 Å². The average Bonchev–Trinajstić information content (AvgIpc) is 2.35. The lowest BCUT2D eigenvalue weighted by molar-refractivity contribution is 0.421. The fourth-order valence-electron chi connectivity index (χ4n) is 1.66. The van der Waals surface area contributed by atoms with Crippen LogP contribution >= 0.6 is 22.6 Å². The van der Waals surface area contributed by atoms with Crippen molar-refractivity contribution in [3.05, 3.63) is 39.8 Å². The van der Waals surface area contributed by atoms with Crippen LogP contribution in [0.5, 0.6) is 5.75 Å². The highest BCUT2D eigenvalue weighted by Gasteiger charge is 2.39. The van der Waals surface area contributed by atoms with E-state index < -0.39 is 16.6 Å². The van der Waals surface area contributed by atoms with Gasteiger partial charge in [-0.2, -0.15) is 0 Å². The molecule has 1 rings (SSSR count). The third-order valence-electron chi connectivity index (χ3n) is 3.91. The number of hydrogen-bond donors (Lipinski definition) is 0. The normalized spacial score (nSPS) is 13.2. The summed E-state index contributed by atoms with van der Waals surface area (Å²) in [6.07, 6.45) is 1.80. The van der Waals surface area contributed by atoms with Crippen LogP contribution in [0.4, 0.5) is 0 Å². The zero-order valence-electron chi connectivity index (χ0n) is 16.2. The number of aliphatic imine (C=N–C) groups is 1. The maximum Gasteiger partial charge on any atom is 0.250 e. The van der Waals surface area contributed by atoms with Gasteiger partial charge in [0.15, 0.2) is 5.88 Å². The molecule has 6 heteroatoms. The largest absolute Gasteiger partial charge is 0.543 e. The van der Waals surface area contributed by atoms with Crippen molar-refractivity contribution < 1.29 is 8.85 Å². The molecule has 0 unspecified atom stereocenters. The molecule has 3 nitrogen and oxygen atoms in total. The van der Waals surface area contributed by atoms with E-state index in [0.29, 0.717) is 5.88 Å². The number of halogens is 1. The average molecular weight is 476 g/mol. The first-order chi connectivity index (χ1) is 10.7. The van der Waals surface area contributed by atoms with E-state index in [1.807, 2.05) is 6.07 Å². The van der Waals surface area contributed by atoms with E-state index in [9.17, 15) is 0 Å². The predicted octanol–water partition coefficient (Wildman–Crippen LogP) is 6.42. The summed E-state index contributed by atoms with van der Waals surface area (Å²) in [4.78, 5) is 4.40. The van der Waals surface area contributed by atoms with Gasteiger partial charge < -0.3 is 8.85 Å². The molecule has 0 amide bonds. The SMILES string of the molecule is C=C(/N=C/c1cc(I)ccc1O[Si](C)(C)C(C)(C)C)O[Si](C)(C)C. The van der Waals surface area contributed by atoms with Gasteiger partial charge in [-0.3, -0.25) is 0 Å². The summed E-state index contributed by atoms with van der Waals surface area (Å²) in [5, 5.41) is 0.148. The van der Waals surface area contributed by atoms with Crippen molar-refractivity contribution in [2.24, 2.45) is 4.99 Å². The molecule has 0 heterocycles. The number of rotatable bonds is 6. The molecule has 0 bridgehead atoms. The fourth-order valence-corrected chi connectivity index (χ4v) is 3.98. The molecule has 134 valence electrons. The van der Waals surface area contributed by atoms with Crippen LogP contribution in [0.2, 0.25) is 37.8 Å². The molecule has 0 saturated heterocycles. The molecule has 0 N–H and O–H groups in total. The molecule has 0 fully saturated rings. The summed E-state index contributed by atoms with van der Waals surface area (Å²) < 4.78 is 13.4. The molecule has 0 aliphatic carbocycles. The topological polar surface area (TPSA) is 30.8 Å². The van der Waals surface area contributed by atoms with Gasteiger partial charge in [-0.25, -0.2) is 4.99 Å². The Bertz CT molecular complexity index is 629. The van der Waals surface area contributed by atoms with Crippen LogP contribution < -0.4 is 4.43 Å². The highest BCUT2D eigenvalue weighted by atomic mass is 127. The molecule has 0 atom stereocenters. The van der Waals surface area contributed by atoms with Gasteiger partial charge in [0.2, 0.25) is 8.32 Å². The van der Waals surface area contributed by atoms with Gasteiger partial charge in [0.25, 0.3) is 8.32 Å². The molecule has 0 aliphatic rings. The zero-order chi connectivity index (χ0) is 18.8. The van der Waals surface area contributed by atoms with Crippen molar-refractivity contribution in [3.8, 4) is 5.75 Å². The van der Waals surface area contributed by atoms with Gasteiger partial charge >= 0.3 is 0 Å². The first-order valence-corrected chi connectivity index (χ1v) is 15.5. The molecule has 0 aromatic heterocycles. The van der Waals surface area contributed by atoms with Crippen LogP contribution in [0, 0.1) is 3.57 Å². The Morgan fingerprint density at radius 3 is 2.25 bits per heavy atom. The maximum absolute atomic E-state index is 6.47. The molecule has 0 spiro atoms. The first kappa shape index (κ1) is 21.4. The first-order valence-electron chi connectivity index (χ1n) is 8.12. The van der Waals surface area contributed by atoms with Crippen molar-refractivity contribution in [1.29, 1.82) is 0 Å². The lowest BCUT2D eigenvalue weighted by atomic mass is 10.2. The van der Waals surface area contributed by atoms with Crippen LogP contribution in [0.1, 0.15) is 26.3 Å². The smallest absolute Gasteiger partial charge is 0.250 e. The van der Waals surface area contributed by atoms with Crippen molar-refractivity contribution in [2.75, 3.05) is 0 Å². The highest BCUT2D eigenvalue weighted by Crippen LogP contribution is 2.38. The minimum Gasteiger partial charge on any atom is -0.543 e. The Balaban J connectivity index is 3.08. The van der Waals surface area contributed by atoms with Gasteiger partial charge in [0.1, 0.15) is 5.75 Å². The Labute approximate surface area is 163 Å². The van der Waals surface area contributed by atoms with Crippen molar-refractivity contribution >= 4 is 45.4 Å². The summed E-state index contributed by atoms with van der Waals surface area (Å²) >= 11 is 2.30. The quantitative estimate of drug-likeness (QED) is 0.206. The lowest BCUT2D eigenvalue weighted by Gasteiger charge is -2.36. The fraction of sp³-hybridized carbons (Fsp3) is 0.500. The van der Waals surface area contributed by atoms with E-state index in [1.54, 1.807) is 6.21 Å². The molecule has 24 heavy (non-hydrogen) atoms. The Morgan fingerprint density at radius 2 is 1.75 bits per heavy atom. The van der Waals surface area contributed by atoms with Crippen molar-refractivity contribution in [1.82, 2.24) is 0 Å². The lowest BCUT2D eigenvalue weighted by Crippen LogP contribution is -2.44. The molecule has 0 aliphatic heterocycles. The van der Waals surface area contributed by atoms with E-state index in [4.69, 9.17) is 8.85 Å². The summed E-state index contributed by atoms with van der Waals surface area (Å²) in [5.74, 6) is 1.35. The number of nitrogens with zero attached hydrogens (tertiary/aromatic N) is 1. The van der Waals surface area contributed by atoms with Gasteiger partial charge in [0.05, 0.1) is 0 Å².